The number of hydrogen-bond acceptors (Lipinski definition) is 5. The maximum atomic E-state index is 13.3. The molecule has 7 nitrogen and oxygen atoms in total. The molecule has 1 aliphatic heterocycles. The maximum absolute atomic E-state index is 13.3. The predicted molar refractivity (Wildman–Crippen MR) is 104 cm³/mol. The van der Waals surface area contributed by atoms with Gasteiger partial charge in [-0.3, -0.25) is 4.79 Å². The molecule has 28 heavy (non-hydrogen) atoms. The van der Waals surface area contributed by atoms with Crippen molar-refractivity contribution in [3.8, 4) is 0 Å². The number of amides is 3. The number of carbonyl (C=O) groups excluding carboxylic acids is 2. The Morgan fingerprint density at radius 1 is 1.14 bits per heavy atom. The van der Waals surface area contributed by atoms with Gasteiger partial charge in [0.15, 0.2) is 0 Å². The van der Waals surface area contributed by atoms with E-state index in [1.54, 1.807) is 11.0 Å². The van der Waals surface area contributed by atoms with Gasteiger partial charge in [-0.05, 0) is 43.9 Å². The standard InChI is InChI=1S/C19H22FN5O2S/c20-12-5-3-8-14(11-12)21-16(26)18-24-23-17(28-18)15-9-4-10-25(15)19(27)22-13-6-1-2-7-13/h3,5,8,11,13,15H,1-2,4,6-7,9-10H2,(H,21,26)(H,22,27)/t15-/m1/s1. The molecule has 148 valence electrons. The molecule has 2 fully saturated rings. The minimum Gasteiger partial charge on any atom is -0.335 e. The average molecular weight is 403 g/mol. The summed E-state index contributed by atoms with van der Waals surface area (Å²) in [5, 5.41) is 14.7. The molecule has 2 aromatic rings. The number of anilines is 1. The highest BCUT2D eigenvalue weighted by atomic mass is 32.1. The summed E-state index contributed by atoms with van der Waals surface area (Å²) in [5.74, 6) is -0.861. The first-order valence-corrected chi connectivity index (χ1v) is 10.4. The Bertz CT molecular complexity index is 868. The number of nitrogens with zero attached hydrogens (tertiary/aromatic N) is 3. The quantitative estimate of drug-likeness (QED) is 0.815. The van der Waals surface area contributed by atoms with Gasteiger partial charge in [-0.25, -0.2) is 9.18 Å². The molecule has 1 saturated heterocycles. The van der Waals surface area contributed by atoms with E-state index in [4.69, 9.17) is 0 Å². The van der Waals surface area contributed by atoms with Crippen LogP contribution in [0.2, 0.25) is 0 Å². The van der Waals surface area contributed by atoms with Crippen LogP contribution in [-0.4, -0.2) is 39.6 Å². The fourth-order valence-corrected chi connectivity index (χ4v) is 4.69. The molecule has 9 heteroatoms. The Hall–Kier alpha value is -2.55. The zero-order chi connectivity index (χ0) is 19.5. The lowest BCUT2D eigenvalue weighted by atomic mass is 10.2. The molecule has 0 bridgehead atoms. The van der Waals surface area contributed by atoms with E-state index in [0.717, 1.165) is 38.5 Å². The third kappa shape index (κ3) is 4.14. The fraction of sp³-hybridized carbons (Fsp3) is 0.474. The van der Waals surface area contributed by atoms with Gasteiger partial charge in [0, 0.05) is 18.3 Å². The largest absolute Gasteiger partial charge is 0.335 e. The number of halogens is 1. The lowest BCUT2D eigenvalue weighted by Gasteiger charge is -2.25. The van der Waals surface area contributed by atoms with Crippen LogP contribution in [0.1, 0.15) is 59.4 Å². The number of benzene rings is 1. The summed E-state index contributed by atoms with van der Waals surface area (Å²) in [6.45, 7) is 0.674. The van der Waals surface area contributed by atoms with E-state index in [2.05, 4.69) is 20.8 Å². The van der Waals surface area contributed by atoms with Crippen LogP contribution in [0.5, 0.6) is 0 Å². The van der Waals surface area contributed by atoms with Gasteiger partial charge < -0.3 is 15.5 Å². The minimum absolute atomic E-state index is 0.0598. The number of hydrogen-bond donors (Lipinski definition) is 2. The van der Waals surface area contributed by atoms with E-state index < -0.39 is 11.7 Å². The van der Waals surface area contributed by atoms with Crippen molar-refractivity contribution in [2.24, 2.45) is 0 Å². The summed E-state index contributed by atoms with van der Waals surface area (Å²) in [5.41, 5.74) is 0.361. The molecule has 1 aliphatic carbocycles. The predicted octanol–water partition coefficient (Wildman–Crippen LogP) is 3.72. The molecule has 1 aromatic carbocycles. The van der Waals surface area contributed by atoms with Gasteiger partial charge in [0.1, 0.15) is 10.8 Å². The van der Waals surface area contributed by atoms with Gasteiger partial charge in [0.05, 0.1) is 6.04 Å². The van der Waals surface area contributed by atoms with E-state index in [-0.39, 0.29) is 23.1 Å². The highest BCUT2D eigenvalue weighted by Crippen LogP contribution is 2.34. The van der Waals surface area contributed by atoms with Crippen LogP contribution in [0.15, 0.2) is 24.3 Å². The smallest absolute Gasteiger partial charge is 0.318 e. The molecule has 3 amide bonds. The molecule has 2 heterocycles. The minimum atomic E-state index is -0.436. The van der Waals surface area contributed by atoms with Gasteiger partial charge in [-0.2, -0.15) is 0 Å². The molecular formula is C19H22FN5O2S. The van der Waals surface area contributed by atoms with Crippen LogP contribution in [0.4, 0.5) is 14.9 Å². The number of likely N-dealkylation sites (tertiary alicyclic amines) is 1. The number of nitrogens with one attached hydrogen (secondary N) is 2. The second kappa shape index (κ2) is 8.22. The Kier molecular flexibility index (Phi) is 5.52. The van der Waals surface area contributed by atoms with Crippen molar-refractivity contribution in [3.63, 3.8) is 0 Å². The van der Waals surface area contributed by atoms with Crippen molar-refractivity contribution in [3.05, 3.63) is 40.1 Å². The molecule has 2 aliphatic rings. The van der Waals surface area contributed by atoms with E-state index in [9.17, 15) is 14.0 Å². The fourth-order valence-electron chi connectivity index (χ4n) is 3.81. The van der Waals surface area contributed by atoms with Crippen molar-refractivity contribution < 1.29 is 14.0 Å². The maximum Gasteiger partial charge on any atom is 0.318 e. The van der Waals surface area contributed by atoms with E-state index in [1.165, 1.54) is 29.5 Å². The van der Waals surface area contributed by atoms with Gasteiger partial charge in [0.2, 0.25) is 5.01 Å². The third-order valence-electron chi connectivity index (χ3n) is 5.20. The SMILES string of the molecule is O=C(Nc1cccc(F)c1)c1nnc([C@H]2CCCN2C(=O)NC2CCCC2)s1. The van der Waals surface area contributed by atoms with Crippen LogP contribution in [-0.2, 0) is 0 Å². The zero-order valence-electron chi connectivity index (χ0n) is 15.4. The third-order valence-corrected chi connectivity index (χ3v) is 6.22. The Balaban J connectivity index is 1.42. The molecule has 4 rings (SSSR count). The summed E-state index contributed by atoms with van der Waals surface area (Å²) in [7, 11) is 0. The van der Waals surface area contributed by atoms with Gasteiger partial charge >= 0.3 is 6.03 Å². The summed E-state index contributed by atoms with van der Waals surface area (Å²) in [6.07, 6.45) is 6.09. The number of carbonyl (C=O) groups is 2. The van der Waals surface area contributed by atoms with Crippen LogP contribution in [0.25, 0.3) is 0 Å². The van der Waals surface area contributed by atoms with Crippen molar-refractivity contribution in [2.45, 2.75) is 50.6 Å². The van der Waals surface area contributed by atoms with Crippen molar-refractivity contribution in [1.82, 2.24) is 20.4 Å². The number of aromatic nitrogens is 2. The van der Waals surface area contributed by atoms with Crippen LogP contribution >= 0.6 is 11.3 Å². The first kappa shape index (κ1) is 18.8. The molecule has 1 saturated carbocycles. The van der Waals surface area contributed by atoms with Crippen molar-refractivity contribution in [1.29, 1.82) is 0 Å². The van der Waals surface area contributed by atoms with Gasteiger partial charge in [-0.1, -0.05) is 30.2 Å². The first-order chi connectivity index (χ1) is 13.6. The highest BCUT2D eigenvalue weighted by molar-refractivity contribution is 7.13. The van der Waals surface area contributed by atoms with Crippen LogP contribution in [0.3, 0.4) is 0 Å². The van der Waals surface area contributed by atoms with Gasteiger partial charge in [0.25, 0.3) is 5.91 Å². The monoisotopic (exact) mass is 403 g/mol. The summed E-state index contributed by atoms with van der Waals surface area (Å²) in [6, 6.07) is 5.72. The molecule has 0 unspecified atom stereocenters. The Morgan fingerprint density at radius 3 is 2.75 bits per heavy atom. The average Bonchev–Trinajstić information content (AvgIpc) is 3.42. The first-order valence-electron chi connectivity index (χ1n) is 9.57. The van der Waals surface area contributed by atoms with E-state index >= 15 is 0 Å². The van der Waals surface area contributed by atoms with Crippen molar-refractivity contribution >= 4 is 29.0 Å². The lowest BCUT2D eigenvalue weighted by Crippen LogP contribution is -2.43. The zero-order valence-corrected chi connectivity index (χ0v) is 16.2. The Labute approximate surface area is 166 Å². The van der Waals surface area contributed by atoms with E-state index in [0.29, 0.717) is 17.2 Å². The van der Waals surface area contributed by atoms with E-state index in [1.807, 2.05) is 0 Å². The molecule has 0 spiro atoms. The second-order valence-corrected chi connectivity index (χ2v) is 8.20. The van der Waals surface area contributed by atoms with Crippen molar-refractivity contribution in [2.75, 3.05) is 11.9 Å². The Morgan fingerprint density at radius 2 is 1.96 bits per heavy atom. The van der Waals surface area contributed by atoms with Crippen LogP contribution < -0.4 is 10.6 Å². The topological polar surface area (TPSA) is 87.2 Å². The summed E-state index contributed by atoms with van der Waals surface area (Å²) < 4.78 is 13.3. The number of rotatable bonds is 4. The molecule has 1 aromatic heterocycles. The number of urea groups is 1. The second-order valence-electron chi connectivity index (χ2n) is 7.19. The molecular weight excluding hydrogens is 381 g/mol. The molecule has 2 N–H and O–H groups in total. The summed E-state index contributed by atoms with van der Waals surface area (Å²) >= 11 is 1.18. The van der Waals surface area contributed by atoms with Crippen LogP contribution in [0, 0.1) is 5.82 Å². The normalized spacial score (nSPS) is 19.8. The summed E-state index contributed by atoms with van der Waals surface area (Å²) in [4.78, 5) is 26.8. The van der Waals surface area contributed by atoms with Gasteiger partial charge in [-0.15, -0.1) is 10.2 Å². The molecule has 1 atom stereocenters. The molecule has 0 radical (unpaired) electrons. The highest BCUT2D eigenvalue weighted by Gasteiger charge is 2.34. The lowest BCUT2D eigenvalue weighted by molar-refractivity contribution is 0.102.